The molecule has 0 saturated carbocycles. The molecule has 0 radical (unpaired) electrons. The van der Waals surface area contributed by atoms with Crippen LogP contribution < -0.4 is 5.32 Å². The van der Waals surface area contributed by atoms with E-state index in [0.717, 1.165) is 11.1 Å². The summed E-state index contributed by atoms with van der Waals surface area (Å²) in [6.45, 7) is 2.65. The fraction of sp³-hybridized carbons (Fsp3) is 0.333. The van der Waals surface area contributed by atoms with Gasteiger partial charge >= 0.3 is 0 Å². The van der Waals surface area contributed by atoms with Crippen molar-refractivity contribution in [2.24, 2.45) is 0 Å². The van der Waals surface area contributed by atoms with Gasteiger partial charge in [-0.25, -0.2) is 13.8 Å². The summed E-state index contributed by atoms with van der Waals surface area (Å²) in [5.74, 6) is -1.84. The Kier molecular flexibility index (Phi) is 6.90. The Morgan fingerprint density at radius 2 is 2.19 bits per heavy atom. The highest BCUT2D eigenvalue weighted by atomic mass is 32.1. The highest BCUT2D eigenvalue weighted by Gasteiger charge is 2.21. The molecule has 4 rings (SSSR count). The van der Waals surface area contributed by atoms with Gasteiger partial charge in [0.25, 0.3) is 0 Å². The number of nitrogens with one attached hydrogen (secondary N) is 1. The molecule has 1 aliphatic heterocycles. The fourth-order valence-corrected chi connectivity index (χ4v) is 4.09. The van der Waals surface area contributed by atoms with Crippen LogP contribution >= 0.6 is 11.3 Å². The van der Waals surface area contributed by atoms with Gasteiger partial charge in [0, 0.05) is 44.0 Å². The van der Waals surface area contributed by atoms with E-state index in [-0.39, 0.29) is 18.4 Å². The van der Waals surface area contributed by atoms with E-state index in [1.54, 1.807) is 24.7 Å². The molecule has 1 fully saturated rings. The Bertz CT molecular complexity index is 1030. The summed E-state index contributed by atoms with van der Waals surface area (Å²) in [6.07, 6.45) is 4.83. The van der Waals surface area contributed by atoms with E-state index >= 15 is 0 Å². The molecular weight excluding hydrogens is 424 g/mol. The third kappa shape index (κ3) is 5.87. The molecule has 0 aliphatic carbocycles. The number of carbonyl (C=O) groups excluding carboxylic acids is 1. The van der Waals surface area contributed by atoms with Gasteiger partial charge in [0.1, 0.15) is 10.7 Å². The second-order valence-electron chi connectivity index (χ2n) is 7.19. The van der Waals surface area contributed by atoms with Crippen molar-refractivity contribution >= 4 is 17.2 Å². The van der Waals surface area contributed by atoms with Crippen LogP contribution in [0.2, 0.25) is 0 Å². The third-order valence-electron chi connectivity index (χ3n) is 4.82. The van der Waals surface area contributed by atoms with Gasteiger partial charge in [-0.1, -0.05) is 6.07 Å². The Morgan fingerprint density at radius 1 is 1.29 bits per heavy atom. The molecule has 0 spiro atoms. The van der Waals surface area contributed by atoms with Crippen LogP contribution in [0.5, 0.6) is 0 Å². The minimum absolute atomic E-state index is 0.141. The number of morpholine rings is 1. The van der Waals surface area contributed by atoms with E-state index in [4.69, 9.17) is 4.74 Å². The lowest BCUT2D eigenvalue weighted by Gasteiger charge is -2.33. The Hall–Kier alpha value is -2.82. The zero-order valence-corrected chi connectivity index (χ0v) is 17.4. The number of hydrogen-bond donors (Lipinski definition) is 1. The minimum Gasteiger partial charge on any atom is -0.374 e. The molecule has 0 bridgehead atoms. The average Bonchev–Trinajstić information content (AvgIpc) is 3.24. The number of hydrogen-bond acceptors (Lipinski definition) is 7. The first-order chi connectivity index (χ1) is 15.1. The minimum atomic E-state index is -0.852. The number of ether oxygens (including phenoxy) is 1. The molecule has 10 heteroatoms. The standard InChI is InChI=1S/C21H21F2N5O2S/c22-17-2-1-14(7-18(17)23)11-28-5-6-30-16(12-28)9-26-20(29)8-15-13-31-21(27-15)19-10-24-3-4-25-19/h1-4,7,10,13,16H,5-6,8-9,11-12H2,(H,26,29). The van der Waals surface area contributed by atoms with Crippen LogP contribution in [0.1, 0.15) is 11.3 Å². The van der Waals surface area contributed by atoms with E-state index in [2.05, 4.69) is 25.2 Å². The van der Waals surface area contributed by atoms with E-state index < -0.39 is 11.6 Å². The van der Waals surface area contributed by atoms with Crippen LogP contribution in [0.25, 0.3) is 10.7 Å². The highest BCUT2D eigenvalue weighted by molar-refractivity contribution is 7.13. The van der Waals surface area contributed by atoms with Gasteiger partial charge in [-0.2, -0.15) is 0 Å². The second-order valence-corrected chi connectivity index (χ2v) is 8.05. The summed E-state index contributed by atoms with van der Waals surface area (Å²) in [4.78, 5) is 27.1. The zero-order valence-electron chi connectivity index (χ0n) is 16.6. The van der Waals surface area contributed by atoms with Gasteiger partial charge < -0.3 is 10.1 Å². The lowest BCUT2D eigenvalue weighted by molar-refractivity contribution is -0.121. The molecule has 2 aromatic heterocycles. The Labute approximate surface area is 182 Å². The van der Waals surface area contributed by atoms with Gasteiger partial charge in [0.2, 0.25) is 5.91 Å². The summed E-state index contributed by atoms with van der Waals surface area (Å²) in [5.41, 5.74) is 2.05. The number of amides is 1. The number of thiazole rings is 1. The van der Waals surface area contributed by atoms with Crippen molar-refractivity contribution in [3.8, 4) is 10.7 Å². The number of carbonyl (C=O) groups is 1. The van der Waals surface area contributed by atoms with Crippen molar-refractivity contribution in [1.82, 2.24) is 25.2 Å². The molecule has 1 aliphatic rings. The predicted molar refractivity (Wildman–Crippen MR) is 111 cm³/mol. The number of aromatic nitrogens is 3. The van der Waals surface area contributed by atoms with Gasteiger partial charge in [-0.15, -0.1) is 11.3 Å². The molecule has 3 aromatic rings. The largest absolute Gasteiger partial charge is 0.374 e. The van der Waals surface area contributed by atoms with Gasteiger partial charge in [-0.3, -0.25) is 19.7 Å². The van der Waals surface area contributed by atoms with Crippen LogP contribution in [-0.2, 0) is 22.5 Å². The van der Waals surface area contributed by atoms with Gasteiger partial charge in [0.15, 0.2) is 11.6 Å². The normalized spacial score (nSPS) is 16.9. The molecule has 31 heavy (non-hydrogen) atoms. The summed E-state index contributed by atoms with van der Waals surface area (Å²) >= 11 is 1.42. The maximum atomic E-state index is 13.4. The van der Waals surface area contributed by atoms with Crippen LogP contribution in [-0.4, -0.2) is 58.1 Å². The highest BCUT2D eigenvalue weighted by Crippen LogP contribution is 2.21. The van der Waals surface area contributed by atoms with Crippen molar-refractivity contribution in [2.45, 2.75) is 19.1 Å². The SMILES string of the molecule is O=C(Cc1csc(-c2cnccn2)n1)NCC1CN(Cc2ccc(F)c(F)c2)CCO1. The molecule has 1 unspecified atom stereocenters. The van der Waals surface area contributed by atoms with Crippen molar-refractivity contribution in [3.05, 3.63) is 65.1 Å². The maximum absolute atomic E-state index is 13.4. The molecule has 1 atom stereocenters. The first-order valence-electron chi connectivity index (χ1n) is 9.82. The number of rotatable bonds is 7. The third-order valence-corrected chi connectivity index (χ3v) is 5.73. The molecule has 1 saturated heterocycles. The van der Waals surface area contributed by atoms with E-state index in [9.17, 15) is 13.6 Å². The van der Waals surface area contributed by atoms with E-state index in [0.29, 0.717) is 49.7 Å². The van der Waals surface area contributed by atoms with Crippen LogP contribution in [0.3, 0.4) is 0 Å². The Balaban J connectivity index is 1.24. The average molecular weight is 445 g/mol. The maximum Gasteiger partial charge on any atom is 0.226 e. The summed E-state index contributed by atoms with van der Waals surface area (Å²) in [7, 11) is 0. The van der Waals surface area contributed by atoms with Crippen LogP contribution in [0.4, 0.5) is 8.78 Å². The topological polar surface area (TPSA) is 80.2 Å². The van der Waals surface area contributed by atoms with Gasteiger partial charge in [-0.05, 0) is 17.7 Å². The quantitative estimate of drug-likeness (QED) is 0.602. The molecule has 1 aromatic carbocycles. The van der Waals surface area contributed by atoms with Crippen LogP contribution in [0.15, 0.2) is 42.2 Å². The van der Waals surface area contributed by atoms with Crippen molar-refractivity contribution < 1.29 is 18.3 Å². The molecular formula is C21H21F2N5O2S. The van der Waals surface area contributed by atoms with Crippen molar-refractivity contribution in [3.63, 3.8) is 0 Å². The molecule has 162 valence electrons. The fourth-order valence-electron chi connectivity index (χ4n) is 3.31. The predicted octanol–water partition coefficient (Wildman–Crippen LogP) is 2.44. The summed E-state index contributed by atoms with van der Waals surface area (Å²) in [5, 5.41) is 5.45. The number of benzene rings is 1. The number of nitrogens with zero attached hydrogens (tertiary/aromatic N) is 4. The molecule has 1 amide bonds. The lowest BCUT2D eigenvalue weighted by Crippen LogP contribution is -2.47. The smallest absolute Gasteiger partial charge is 0.226 e. The molecule has 3 heterocycles. The van der Waals surface area contributed by atoms with E-state index in [1.807, 2.05) is 5.38 Å². The first-order valence-corrected chi connectivity index (χ1v) is 10.7. The van der Waals surface area contributed by atoms with E-state index in [1.165, 1.54) is 17.4 Å². The number of halogens is 2. The second kappa shape index (κ2) is 9.99. The summed E-state index contributed by atoms with van der Waals surface area (Å²) in [6, 6.07) is 3.93. The van der Waals surface area contributed by atoms with Crippen molar-refractivity contribution in [1.29, 1.82) is 0 Å². The molecule has 7 nitrogen and oxygen atoms in total. The summed E-state index contributed by atoms with van der Waals surface area (Å²) < 4.78 is 32.3. The molecule has 1 N–H and O–H groups in total. The monoisotopic (exact) mass is 445 g/mol. The van der Waals surface area contributed by atoms with Gasteiger partial charge in [0.05, 0.1) is 31.0 Å². The Morgan fingerprint density at radius 3 is 3.00 bits per heavy atom. The lowest BCUT2D eigenvalue weighted by atomic mass is 10.1. The van der Waals surface area contributed by atoms with Crippen molar-refractivity contribution in [2.75, 3.05) is 26.2 Å². The zero-order chi connectivity index (χ0) is 21.6. The first kappa shape index (κ1) is 21.4. The van der Waals surface area contributed by atoms with Crippen LogP contribution in [0, 0.1) is 11.6 Å².